The Balaban J connectivity index is 1.59. The highest BCUT2D eigenvalue weighted by Gasteiger charge is 2.38. The molecule has 0 aliphatic carbocycles. The number of pyridine rings is 1. The summed E-state index contributed by atoms with van der Waals surface area (Å²) in [6, 6.07) is 24.1. The molecular formula is C31H38N2O3Si. The van der Waals surface area contributed by atoms with E-state index in [1.807, 2.05) is 78.2 Å². The molecule has 0 unspecified atom stereocenters. The van der Waals surface area contributed by atoms with Gasteiger partial charge in [-0.2, -0.15) is 0 Å². The van der Waals surface area contributed by atoms with E-state index in [9.17, 15) is 4.79 Å². The zero-order valence-corrected chi connectivity index (χ0v) is 23.8. The quantitative estimate of drug-likeness (QED) is 0.161. The lowest BCUT2D eigenvalue weighted by Gasteiger charge is -2.37. The second-order valence-electron chi connectivity index (χ2n) is 11.2. The van der Waals surface area contributed by atoms with Crippen LogP contribution in [-0.2, 0) is 11.0 Å². The fourth-order valence-electron chi connectivity index (χ4n) is 4.18. The molecule has 0 saturated heterocycles. The first-order valence-electron chi connectivity index (χ1n) is 12.9. The highest BCUT2D eigenvalue weighted by Crippen LogP contribution is 2.38. The van der Waals surface area contributed by atoms with Crippen molar-refractivity contribution in [2.45, 2.75) is 64.8 Å². The SMILES string of the molecule is Cc1nc2c(OCc3ccccc3)cccn2c1C(=O)C[C@@H](CO[Si](C)(C)C(C)(C)C)c1ccccc1. The average molecular weight is 515 g/mol. The minimum absolute atomic E-state index is 0.0368. The topological polar surface area (TPSA) is 52.8 Å². The van der Waals surface area contributed by atoms with Crippen LogP contribution in [0.4, 0.5) is 0 Å². The number of hydrogen-bond donors (Lipinski definition) is 0. The molecule has 0 spiro atoms. The summed E-state index contributed by atoms with van der Waals surface area (Å²) >= 11 is 0. The molecule has 2 aromatic heterocycles. The van der Waals surface area contributed by atoms with Gasteiger partial charge in [0.2, 0.25) is 0 Å². The maximum atomic E-state index is 13.8. The van der Waals surface area contributed by atoms with E-state index in [0.717, 1.165) is 11.1 Å². The maximum absolute atomic E-state index is 13.8. The van der Waals surface area contributed by atoms with Crippen molar-refractivity contribution in [2.75, 3.05) is 6.61 Å². The lowest BCUT2D eigenvalue weighted by molar-refractivity contribution is 0.0955. The summed E-state index contributed by atoms with van der Waals surface area (Å²) in [4.78, 5) is 18.5. The molecule has 2 heterocycles. The first kappa shape index (κ1) is 26.8. The highest BCUT2D eigenvalue weighted by molar-refractivity contribution is 6.74. The molecule has 0 aliphatic heterocycles. The third-order valence-corrected chi connectivity index (χ3v) is 11.9. The van der Waals surface area contributed by atoms with Crippen LogP contribution in [0, 0.1) is 6.92 Å². The standard InChI is InChI=1S/C31H38N2O3Si/c1-23-29(33-19-13-18-28(30(33)32-23)35-21-24-14-9-7-10-15-24)27(34)20-26(25-16-11-8-12-17-25)22-36-37(5,6)31(2,3)4/h7-19,26H,20-22H2,1-6H3/t26-/m0/s1. The van der Waals surface area contributed by atoms with E-state index in [0.29, 0.717) is 42.4 Å². The number of hydrogen-bond acceptors (Lipinski definition) is 4. The summed E-state index contributed by atoms with van der Waals surface area (Å²) in [6.07, 6.45) is 2.24. The number of benzene rings is 2. The molecule has 0 bridgehead atoms. The Hall–Kier alpha value is -3.22. The number of fused-ring (bicyclic) bond motifs is 1. The van der Waals surface area contributed by atoms with Crippen LogP contribution in [0.3, 0.4) is 0 Å². The number of ketones is 1. The molecule has 194 valence electrons. The first-order chi connectivity index (χ1) is 17.6. The number of carbonyl (C=O) groups excluding carboxylic acids is 1. The number of aryl methyl sites for hydroxylation is 1. The molecular weight excluding hydrogens is 476 g/mol. The zero-order valence-electron chi connectivity index (χ0n) is 22.8. The molecule has 0 saturated carbocycles. The Morgan fingerprint density at radius 3 is 2.27 bits per heavy atom. The number of imidazole rings is 1. The van der Waals surface area contributed by atoms with Crippen molar-refractivity contribution < 1.29 is 14.0 Å². The van der Waals surface area contributed by atoms with Gasteiger partial charge in [-0.3, -0.25) is 9.20 Å². The average Bonchev–Trinajstić information content (AvgIpc) is 3.22. The third kappa shape index (κ3) is 6.20. The van der Waals surface area contributed by atoms with Gasteiger partial charge in [0.05, 0.1) is 5.69 Å². The molecule has 4 rings (SSSR count). The minimum Gasteiger partial charge on any atom is -0.485 e. The summed E-state index contributed by atoms with van der Waals surface area (Å²) in [5.41, 5.74) is 4.17. The normalized spacial score (nSPS) is 13.0. The van der Waals surface area contributed by atoms with Gasteiger partial charge in [-0.05, 0) is 48.3 Å². The number of aromatic nitrogens is 2. The second-order valence-corrected chi connectivity index (χ2v) is 16.0. The molecule has 0 radical (unpaired) electrons. The Morgan fingerprint density at radius 1 is 0.973 bits per heavy atom. The van der Waals surface area contributed by atoms with Crippen LogP contribution in [-0.4, -0.2) is 30.1 Å². The van der Waals surface area contributed by atoms with E-state index in [-0.39, 0.29) is 16.7 Å². The number of carbonyl (C=O) groups is 1. The predicted octanol–water partition coefficient (Wildman–Crippen LogP) is 7.60. The van der Waals surface area contributed by atoms with Gasteiger partial charge in [0, 0.05) is 25.1 Å². The van der Waals surface area contributed by atoms with E-state index in [4.69, 9.17) is 14.1 Å². The fourth-order valence-corrected chi connectivity index (χ4v) is 5.23. The van der Waals surface area contributed by atoms with Crippen LogP contribution < -0.4 is 4.74 Å². The van der Waals surface area contributed by atoms with Gasteiger partial charge in [0.15, 0.2) is 25.5 Å². The number of rotatable bonds is 10. The van der Waals surface area contributed by atoms with Crippen LogP contribution in [0.2, 0.25) is 18.1 Å². The Labute approximate surface area is 221 Å². The lowest BCUT2D eigenvalue weighted by atomic mass is 9.93. The van der Waals surface area contributed by atoms with Gasteiger partial charge in [-0.1, -0.05) is 81.4 Å². The molecule has 0 N–H and O–H groups in total. The van der Waals surface area contributed by atoms with Crippen molar-refractivity contribution in [1.29, 1.82) is 0 Å². The van der Waals surface area contributed by atoms with Crippen molar-refractivity contribution in [3.05, 3.63) is 102 Å². The van der Waals surface area contributed by atoms with Gasteiger partial charge in [-0.15, -0.1) is 0 Å². The van der Waals surface area contributed by atoms with Gasteiger partial charge < -0.3 is 9.16 Å². The molecule has 4 aromatic rings. The third-order valence-electron chi connectivity index (χ3n) is 7.44. The molecule has 2 aromatic carbocycles. The summed E-state index contributed by atoms with van der Waals surface area (Å²) in [6.45, 7) is 14.1. The predicted molar refractivity (Wildman–Crippen MR) is 152 cm³/mol. The Morgan fingerprint density at radius 2 is 1.62 bits per heavy atom. The molecule has 6 heteroatoms. The Bertz CT molecular complexity index is 1340. The largest absolute Gasteiger partial charge is 0.485 e. The van der Waals surface area contributed by atoms with Gasteiger partial charge in [0.25, 0.3) is 0 Å². The van der Waals surface area contributed by atoms with Crippen LogP contribution in [0.25, 0.3) is 5.65 Å². The van der Waals surface area contributed by atoms with Gasteiger partial charge in [-0.25, -0.2) is 4.98 Å². The number of ether oxygens (including phenoxy) is 1. The van der Waals surface area contributed by atoms with E-state index >= 15 is 0 Å². The molecule has 1 atom stereocenters. The molecule has 0 fully saturated rings. The molecule has 0 amide bonds. The number of Topliss-reactive ketones (excluding diaryl/α,β-unsaturated/α-hetero) is 1. The summed E-state index contributed by atoms with van der Waals surface area (Å²) < 4.78 is 14.6. The van der Waals surface area contributed by atoms with E-state index in [2.05, 4.69) is 46.0 Å². The summed E-state index contributed by atoms with van der Waals surface area (Å²) in [5, 5.41) is 0.104. The zero-order chi connectivity index (χ0) is 26.6. The summed E-state index contributed by atoms with van der Waals surface area (Å²) in [7, 11) is -1.96. The van der Waals surface area contributed by atoms with Crippen molar-refractivity contribution in [1.82, 2.24) is 9.38 Å². The monoisotopic (exact) mass is 514 g/mol. The van der Waals surface area contributed by atoms with Crippen LogP contribution in [0.15, 0.2) is 79.0 Å². The highest BCUT2D eigenvalue weighted by atomic mass is 28.4. The van der Waals surface area contributed by atoms with Gasteiger partial charge >= 0.3 is 0 Å². The second kappa shape index (κ2) is 11.0. The smallest absolute Gasteiger partial charge is 0.192 e. The van der Waals surface area contributed by atoms with Crippen LogP contribution >= 0.6 is 0 Å². The van der Waals surface area contributed by atoms with Crippen molar-refractivity contribution in [3.63, 3.8) is 0 Å². The van der Waals surface area contributed by atoms with Crippen molar-refractivity contribution in [2.24, 2.45) is 0 Å². The van der Waals surface area contributed by atoms with E-state index < -0.39 is 8.32 Å². The molecule has 5 nitrogen and oxygen atoms in total. The summed E-state index contributed by atoms with van der Waals surface area (Å²) in [5.74, 6) is 0.678. The fraction of sp³-hybridized carbons (Fsp3) is 0.355. The Kier molecular flexibility index (Phi) is 8.00. The maximum Gasteiger partial charge on any atom is 0.192 e. The van der Waals surface area contributed by atoms with Crippen molar-refractivity contribution >= 4 is 19.7 Å². The lowest BCUT2D eigenvalue weighted by Crippen LogP contribution is -2.41. The van der Waals surface area contributed by atoms with Gasteiger partial charge in [0.1, 0.15) is 12.3 Å². The molecule has 37 heavy (non-hydrogen) atoms. The first-order valence-corrected chi connectivity index (χ1v) is 15.8. The van der Waals surface area contributed by atoms with Crippen LogP contribution in [0.5, 0.6) is 5.75 Å². The molecule has 0 aliphatic rings. The van der Waals surface area contributed by atoms with E-state index in [1.165, 1.54) is 0 Å². The number of nitrogens with zero attached hydrogens (tertiary/aromatic N) is 2. The van der Waals surface area contributed by atoms with Crippen LogP contribution in [0.1, 0.15) is 60.4 Å². The van der Waals surface area contributed by atoms with Crippen molar-refractivity contribution in [3.8, 4) is 5.75 Å². The van der Waals surface area contributed by atoms with E-state index in [1.54, 1.807) is 0 Å². The minimum atomic E-state index is -1.96.